The molecular formula is C24H27FN2O4. The largest absolute Gasteiger partial charge is 0.493 e. The van der Waals surface area contributed by atoms with Crippen molar-refractivity contribution in [3.05, 3.63) is 59.4 Å². The van der Waals surface area contributed by atoms with Gasteiger partial charge in [0, 0.05) is 37.7 Å². The fourth-order valence-electron chi connectivity index (χ4n) is 3.78. The highest BCUT2D eigenvalue weighted by Gasteiger charge is 2.35. The van der Waals surface area contributed by atoms with E-state index >= 15 is 0 Å². The van der Waals surface area contributed by atoms with Crippen molar-refractivity contribution in [1.82, 2.24) is 5.32 Å². The molecule has 0 bridgehead atoms. The Bertz CT molecular complexity index is 935. The average Bonchev–Trinajstić information content (AvgIpc) is 2.81. The predicted octanol–water partition coefficient (Wildman–Crippen LogP) is 3.73. The van der Waals surface area contributed by atoms with Crippen LogP contribution in [0.2, 0.25) is 0 Å². The zero-order chi connectivity index (χ0) is 22.1. The number of carbonyl (C=O) groups excluding carboxylic acids is 1. The molecule has 0 aliphatic carbocycles. The van der Waals surface area contributed by atoms with E-state index in [1.165, 1.54) is 13.2 Å². The Hall–Kier alpha value is -3.11. The van der Waals surface area contributed by atoms with Crippen LogP contribution in [0.3, 0.4) is 0 Å². The van der Waals surface area contributed by atoms with Crippen molar-refractivity contribution in [3.63, 3.8) is 0 Å². The third kappa shape index (κ3) is 5.96. The third-order valence-electron chi connectivity index (χ3n) is 5.61. The second-order valence-corrected chi connectivity index (χ2v) is 7.61. The molecule has 0 aromatic heterocycles. The molecule has 1 heterocycles. The Morgan fingerprint density at radius 2 is 2.03 bits per heavy atom. The third-order valence-corrected chi connectivity index (χ3v) is 5.61. The molecule has 31 heavy (non-hydrogen) atoms. The number of carbonyl (C=O) groups is 1. The molecule has 164 valence electrons. The molecule has 7 heteroatoms. The SMILES string of the molecule is COc1cc(C#N)ccc1OCCCC(=O)NCC1(c2cccc(F)c2)CCOCC1. The highest BCUT2D eigenvalue weighted by molar-refractivity contribution is 5.76. The summed E-state index contributed by atoms with van der Waals surface area (Å²) in [5.74, 6) is 0.678. The minimum Gasteiger partial charge on any atom is -0.493 e. The van der Waals surface area contributed by atoms with Gasteiger partial charge in [0.15, 0.2) is 11.5 Å². The quantitative estimate of drug-likeness (QED) is 0.618. The Balaban J connectivity index is 1.49. The highest BCUT2D eigenvalue weighted by Crippen LogP contribution is 2.34. The van der Waals surface area contributed by atoms with E-state index in [2.05, 4.69) is 11.4 Å². The summed E-state index contributed by atoms with van der Waals surface area (Å²) >= 11 is 0. The van der Waals surface area contributed by atoms with Gasteiger partial charge in [0.25, 0.3) is 0 Å². The summed E-state index contributed by atoms with van der Waals surface area (Å²) in [5, 5.41) is 12.0. The van der Waals surface area contributed by atoms with Crippen LogP contribution < -0.4 is 14.8 Å². The number of nitrogens with zero attached hydrogens (tertiary/aromatic N) is 1. The van der Waals surface area contributed by atoms with E-state index in [0.717, 1.165) is 18.4 Å². The number of nitriles is 1. The first-order chi connectivity index (χ1) is 15.1. The van der Waals surface area contributed by atoms with Crippen LogP contribution in [-0.4, -0.2) is 39.4 Å². The van der Waals surface area contributed by atoms with Crippen LogP contribution in [0.5, 0.6) is 11.5 Å². The van der Waals surface area contributed by atoms with E-state index in [1.807, 2.05) is 6.07 Å². The maximum atomic E-state index is 13.8. The fourth-order valence-corrected chi connectivity index (χ4v) is 3.78. The second kappa shape index (κ2) is 10.8. The lowest BCUT2D eigenvalue weighted by molar-refractivity contribution is -0.121. The molecular weight excluding hydrogens is 399 g/mol. The summed E-state index contributed by atoms with van der Waals surface area (Å²) in [4.78, 5) is 12.4. The molecule has 2 aromatic carbocycles. The van der Waals surface area contributed by atoms with Crippen LogP contribution in [0.15, 0.2) is 42.5 Å². The minimum absolute atomic E-state index is 0.0716. The van der Waals surface area contributed by atoms with E-state index in [1.54, 1.807) is 30.3 Å². The van der Waals surface area contributed by atoms with Gasteiger partial charge >= 0.3 is 0 Å². The lowest BCUT2D eigenvalue weighted by Gasteiger charge is -2.38. The molecule has 0 spiro atoms. The lowest BCUT2D eigenvalue weighted by atomic mass is 9.74. The first kappa shape index (κ1) is 22.6. The van der Waals surface area contributed by atoms with Crippen molar-refractivity contribution >= 4 is 5.91 Å². The number of ether oxygens (including phenoxy) is 3. The molecule has 1 aliphatic heterocycles. The zero-order valence-electron chi connectivity index (χ0n) is 17.7. The summed E-state index contributed by atoms with van der Waals surface area (Å²) in [6, 6.07) is 13.6. The summed E-state index contributed by atoms with van der Waals surface area (Å²) < 4.78 is 30.2. The van der Waals surface area contributed by atoms with Gasteiger partial charge in [-0.3, -0.25) is 4.79 Å². The van der Waals surface area contributed by atoms with Gasteiger partial charge in [0.05, 0.1) is 25.3 Å². The van der Waals surface area contributed by atoms with Gasteiger partial charge in [0.2, 0.25) is 5.91 Å². The molecule has 1 N–H and O–H groups in total. The van der Waals surface area contributed by atoms with E-state index in [0.29, 0.717) is 56.3 Å². The van der Waals surface area contributed by atoms with Crippen molar-refractivity contribution in [2.75, 3.05) is 33.5 Å². The summed E-state index contributed by atoms with van der Waals surface area (Å²) in [7, 11) is 1.52. The number of amides is 1. The molecule has 2 aromatic rings. The van der Waals surface area contributed by atoms with Crippen LogP contribution in [0, 0.1) is 17.1 Å². The highest BCUT2D eigenvalue weighted by atomic mass is 19.1. The average molecular weight is 426 g/mol. The summed E-state index contributed by atoms with van der Waals surface area (Å²) in [6.07, 6.45) is 2.32. The van der Waals surface area contributed by atoms with Crippen LogP contribution in [0.4, 0.5) is 4.39 Å². The predicted molar refractivity (Wildman–Crippen MR) is 114 cm³/mol. The molecule has 1 amide bonds. The molecule has 1 saturated heterocycles. The van der Waals surface area contributed by atoms with Gasteiger partial charge in [0.1, 0.15) is 5.82 Å². The van der Waals surface area contributed by atoms with Crippen molar-refractivity contribution in [2.45, 2.75) is 31.1 Å². The zero-order valence-corrected chi connectivity index (χ0v) is 17.7. The van der Waals surface area contributed by atoms with Gasteiger partial charge in [-0.2, -0.15) is 5.26 Å². The summed E-state index contributed by atoms with van der Waals surface area (Å²) in [5.41, 5.74) is 1.07. The van der Waals surface area contributed by atoms with Crippen LogP contribution in [0.1, 0.15) is 36.8 Å². The molecule has 6 nitrogen and oxygen atoms in total. The Morgan fingerprint density at radius 1 is 1.23 bits per heavy atom. The molecule has 0 saturated carbocycles. The Labute approximate surface area is 181 Å². The lowest BCUT2D eigenvalue weighted by Crippen LogP contribution is -2.44. The summed E-state index contributed by atoms with van der Waals surface area (Å²) in [6.45, 7) is 1.97. The monoisotopic (exact) mass is 426 g/mol. The van der Waals surface area contributed by atoms with Crippen molar-refractivity contribution in [1.29, 1.82) is 5.26 Å². The van der Waals surface area contributed by atoms with Crippen LogP contribution in [0.25, 0.3) is 0 Å². The van der Waals surface area contributed by atoms with Crippen molar-refractivity contribution < 1.29 is 23.4 Å². The maximum Gasteiger partial charge on any atom is 0.220 e. The molecule has 0 unspecified atom stereocenters. The van der Waals surface area contributed by atoms with Gasteiger partial charge < -0.3 is 19.5 Å². The smallest absolute Gasteiger partial charge is 0.220 e. The number of benzene rings is 2. The second-order valence-electron chi connectivity index (χ2n) is 7.61. The normalized spacial score (nSPS) is 15.0. The van der Waals surface area contributed by atoms with Crippen LogP contribution >= 0.6 is 0 Å². The molecule has 1 fully saturated rings. The van der Waals surface area contributed by atoms with E-state index in [4.69, 9.17) is 19.5 Å². The first-order valence-electron chi connectivity index (χ1n) is 10.4. The Kier molecular flexibility index (Phi) is 7.85. The Morgan fingerprint density at radius 3 is 2.74 bits per heavy atom. The molecule has 0 atom stereocenters. The van der Waals surface area contributed by atoms with E-state index in [-0.39, 0.29) is 17.1 Å². The van der Waals surface area contributed by atoms with E-state index in [9.17, 15) is 9.18 Å². The van der Waals surface area contributed by atoms with Gasteiger partial charge in [-0.15, -0.1) is 0 Å². The van der Waals surface area contributed by atoms with Gasteiger partial charge in [-0.05, 0) is 49.1 Å². The minimum atomic E-state index is -0.317. The van der Waals surface area contributed by atoms with Gasteiger partial charge in [-0.1, -0.05) is 12.1 Å². The fraction of sp³-hybridized carbons (Fsp3) is 0.417. The number of hydrogen-bond donors (Lipinski definition) is 1. The van der Waals surface area contributed by atoms with Crippen molar-refractivity contribution in [3.8, 4) is 17.6 Å². The standard InChI is InChI=1S/C24H27FN2O4/c1-29-22-14-18(16-26)7-8-21(22)31-11-3-6-23(28)27-17-24(9-12-30-13-10-24)19-4-2-5-20(25)15-19/h2,4-5,7-8,14-15H,3,6,9-13,17H2,1H3,(H,27,28). The van der Waals surface area contributed by atoms with Gasteiger partial charge in [-0.25, -0.2) is 4.39 Å². The first-order valence-corrected chi connectivity index (χ1v) is 10.4. The molecule has 0 radical (unpaired) electrons. The number of nitrogens with one attached hydrogen (secondary N) is 1. The molecule has 3 rings (SSSR count). The van der Waals surface area contributed by atoms with Crippen LogP contribution in [-0.2, 0) is 14.9 Å². The van der Waals surface area contributed by atoms with Crippen molar-refractivity contribution in [2.24, 2.45) is 0 Å². The number of hydrogen-bond acceptors (Lipinski definition) is 5. The number of halogens is 1. The molecule has 1 aliphatic rings. The van der Waals surface area contributed by atoms with E-state index < -0.39 is 0 Å². The topological polar surface area (TPSA) is 80.6 Å². The maximum absolute atomic E-state index is 13.8. The number of methoxy groups -OCH3 is 1. The number of rotatable bonds is 9.